The number of aryl methyl sites for hydroxylation is 1. The number of rotatable bonds is 10. The first kappa shape index (κ1) is 25.3. The van der Waals surface area contributed by atoms with Gasteiger partial charge in [0.1, 0.15) is 12.4 Å². The molecule has 8 heteroatoms. The van der Waals surface area contributed by atoms with Crippen molar-refractivity contribution < 1.29 is 19.1 Å². The summed E-state index contributed by atoms with van der Waals surface area (Å²) >= 11 is 0. The number of carbonyl (C=O) groups is 1. The Hall–Kier alpha value is -3.36. The average molecular weight is 505 g/mol. The van der Waals surface area contributed by atoms with Crippen LogP contribution in [0.4, 0.5) is 5.69 Å². The molecule has 1 atom stereocenters. The molecule has 196 valence electrons. The van der Waals surface area contributed by atoms with Crippen molar-refractivity contribution in [3.05, 3.63) is 76.5 Å². The quantitative estimate of drug-likeness (QED) is 0.384. The normalized spacial score (nSPS) is 16.5. The highest BCUT2D eigenvalue weighted by Crippen LogP contribution is 2.30. The molecule has 1 amide bonds. The SMILES string of the molecule is Cc1ncoc1COc1ccc2c(c1C)CCN(CC(O)CNC(=O)c1cccc(NC3CCC3)c1)C2. The Bertz CT molecular complexity index is 1240. The monoisotopic (exact) mass is 504 g/mol. The van der Waals surface area contributed by atoms with E-state index in [1.54, 1.807) is 0 Å². The number of benzene rings is 2. The van der Waals surface area contributed by atoms with Gasteiger partial charge in [0.05, 0.1) is 11.8 Å². The number of carbonyl (C=O) groups excluding carboxylic acids is 1. The maximum Gasteiger partial charge on any atom is 0.251 e. The second-order valence-corrected chi connectivity index (χ2v) is 10.2. The molecule has 1 unspecified atom stereocenters. The van der Waals surface area contributed by atoms with Gasteiger partial charge in [0.25, 0.3) is 5.91 Å². The largest absolute Gasteiger partial charge is 0.485 e. The van der Waals surface area contributed by atoms with E-state index >= 15 is 0 Å². The number of nitrogens with zero attached hydrogens (tertiary/aromatic N) is 2. The van der Waals surface area contributed by atoms with Crippen molar-refractivity contribution in [2.75, 3.05) is 25.0 Å². The molecule has 1 aliphatic heterocycles. The molecule has 2 aromatic carbocycles. The number of oxazole rings is 1. The number of hydrogen-bond donors (Lipinski definition) is 3. The summed E-state index contributed by atoms with van der Waals surface area (Å²) in [5.74, 6) is 1.43. The van der Waals surface area contributed by atoms with Crippen LogP contribution >= 0.6 is 0 Å². The van der Waals surface area contributed by atoms with Gasteiger partial charge in [0, 0.05) is 43.5 Å². The van der Waals surface area contributed by atoms with E-state index in [0.717, 1.165) is 48.0 Å². The van der Waals surface area contributed by atoms with E-state index in [2.05, 4.69) is 33.5 Å². The minimum atomic E-state index is -0.643. The number of ether oxygens (including phenoxy) is 1. The Balaban J connectivity index is 1.10. The van der Waals surface area contributed by atoms with Crippen LogP contribution in [0.5, 0.6) is 5.75 Å². The molecule has 1 aliphatic carbocycles. The van der Waals surface area contributed by atoms with E-state index in [9.17, 15) is 9.90 Å². The topological polar surface area (TPSA) is 99.9 Å². The maximum atomic E-state index is 12.7. The van der Waals surface area contributed by atoms with Gasteiger partial charge in [-0.15, -0.1) is 0 Å². The molecule has 8 nitrogen and oxygen atoms in total. The lowest BCUT2D eigenvalue weighted by Gasteiger charge is -2.31. The van der Waals surface area contributed by atoms with Gasteiger partial charge in [-0.05, 0) is 80.5 Å². The van der Waals surface area contributed by atoms with Crippen LogP contribution in [0.3, 0.4) is 0 Å². The highest BCUT2D eigenvalue weighted by Gasteiger charge is 2.22. The zero-order valence-corrected chi connectivity index (χ0v) is 21.6. The first-order chi connectivity index (χ1) is 18.0. The lowest BCUT2D eigenvalue weighted by atomic mass is 9.93. The average Bonchev–Trinajstić information content (AvgIpc) is 3.29. The number of fused-ring (bicyclic) bond motifs is 1. The summed E-state index contributed by atoms with van der Waals surface area (Å²) in [4.78, 5) is 19.0. The van der Waals surface area contributed by atoms with Gasteiger partial charge in [-0.2, -0.15) is 0 Å². The number of β-amino-alcohol motifs (C(OH)–C–C–N with tert-alkyl or cyclic N) is 1. The molecule has 3 aromatic rings. The van der Waals surface area contributed by atoms with Crippen LogP contribution in [0.1, 0.15) is 57.8 Å². The fraction of sp³-hybridized carbons (Fsp3) is 0.448. The summed E-state index contributed by atoms with van der Waals surface area (Å²) in [6.07, 6.45) is 5.31. The molecule has 3 N–H and O–H groups in total. The minimum absolute atomic E-state index is 0.163. The van der Waals surface area contributed by atoms with Crippen molar-refractivity contribution in [2.24, 2.45) is 0 Å². The standard InChI is InChI=1S/C29H36N4O4/c1-19-26-11-12-33(15-22(26)9-10-27(19)36-17-28-20(2)31-18-37-28)16-25(34)14-30-29(35)21-5-3-8-24(13-21)32-23-6-4-7-23/h3,5,8-10,13,18,23,25,32,34H,4,6-7,11-12,14-17H2,1-2H3,(H,30,35). The van der Waals surface area contributed by atoms with Crippen molar-refractivity contribution in [1.29, 1.82) is 0 Å². The molecule has 0 saturated heterocycles. The Morgan fingerprint density at radius 3 is 2.89 bits per heavy atom. The zero-order chi connectivity index (χ0) is 25.8. The Morgan fingerprint density at radius 2 is 2.14 bits per heavy atom. The van der Waals surface area contributed by atoms with E-state index < -0.39 is 6.10 Å². The lowest BCUT2D eigenvalue weighted by molar-refractivity contribution is 0.0841. The van der Waals surface area contributed by atoms with E-state index in [0.29, 0.717) is 24.8 Å². The third-order valence-corrected chi connectivity index (χ3v) is 7.49. The lowest BCUT2D eigenvalue weighted by Crippen LogP contribution is -2.42. The molecular formula is C29H36N4O4. The Labute approximate surface area is 218 Å². The summed E-state index contributed by atoms with van der Waals surface area (Å²) in [7, 11) is 0. The maximum absolute atomic E-state index is 12.7. The summed E-state index contributed by atoms with van der Waals surface area (Å²) in [6, 6.07) is 12.2. The number of hydrogen-bond acceptors (Lipinski definition) is 7. The fourth-order valence-corrected chi connectivity index (χ4v) is 5.01. The van der Waals surface area contributed by atoms with Gasteiger partial charge in [0.15, 0.2) is 12.2 Å². The van der Waals surface area contributed by atoms with Gasteiger partial charge in [0.2, 0.25) is 0 Å². The predicted molar refractivity (Wildman–Crippen MR) is 142 cm³/mol. The first-order valence-corrected chi connectivity index (χ1v) is 13.1. The molecular weight excluding hydrogens is 468 g/mol. The number of aromatic nitrogens is 1. The first-order valence-electron chi connectivity index (χ1n) is 13.1. The molecule has 1 saturated carbocycles. The number of aliphatic hydroxyl groups is 1. The highest BCUT2D eigenvalue weighted by atomic mass is 16.5. The van der Waals surface area contributed by atoms with E-state index in [1.807, 2.05) is 37.3 Å². The van der Waals surface area contributed by atoms with Crippen LogP contribution in [0.2, 0.25) is 0 Å². The number of nitrogens with one attached hydrogen (secondary N) is 2. The van der Waals surface area contributed by atoms with Gasteiger partial charge in [-0.25, -0.2) is 4.98 Å². The molecule has 0 bridgehead atoms. The molecule has 0 radical (unpaired) electrons. The molecule has 0 spiro atoms. The molecule has 2 aliphatic rings. The third-order valence-electron chi connectivity index (χ3n) is 7.49. The van der Waals surface area contributed by atoms with E-state index in [-0.39, 0.29) is 12.5 Å². The van der Waals surface area contributed by atoms with Gasteiger partial charge in [-0.1, -0.05) is 12.1 Å². The highest BCUT2D eigenvalue weighted by molar-refractivity contribution is 5.95. The van der Waals surface area contributed by atoms with Crippen molar-refractivity contribution in [3.8, 4) is 5.75 Å². The van der Waals surface area contributed by atoms with Crippen LogP contribution in [-0.2, 0) is 19.6 Å². The Kier molecular flexibility index (Phi) is 7.76. The van der Waals surface area contributed by atoms with Crippen molar-refractivity contribution >= 4 is 11.6 Å². The minimum Gasteiger partial charge on any atom is -0.485 e. The number of anilines is 1. The summed E-state index contributed by atoms with van der Waals surface area (Å²) < 4.78 is 11.4. The predicted octanol–water partition coefficient (Wildman–Crippen LogP) is 3.98. The van der Waals surface area contributed by atoms with Gasteiger partial charge >= 0.3 is 0 Å². The van der Waals surface area contributed by atoms with Crippen molar-refractivity contribution in [1.82, 2.24) is 15.2 Å². The van der Waals surface area contributed by atoms with Crippen LogP contribution < -0.4 is 15.4 Å². The van der Waals surface area contributed by atoms with Gasteiger partial charge in [-0.3, -0.25) is 9.69 Å². The second kappa shape index (κ2) is 11.4. The smallest absolute Gasteiger partial charge is 0.251 e. The summed E-state index contributed by atoms with van der Waals surface area (Å²) in [5.41, 5.74) is 6.13. The second-order valence-electron chi connectivity index (χ2n) is 10.2. The number of aliphatic hydroxyl groups excluding tert-OH is 1. The number of amides is 1. The molecule has 1 fully saturated rings. The fourth-order valence-electron chi connectivity index (χ4n) is 5.01. The van der Waals surface area contributed by atoms with E-state index in [4.69, 9.17) is 9.15 Å². The van der Waals surface area contributed by atoms with Crippen LogP contribution in [0, 0.1) is 13.8 Å². The Morgan fingerprint density at radius 1 is 1.27 bits per heavy atom. The molecule has 2 heterocycles. The summed E-state index contributed by atoms with van der Waals surface area (Å²) in [5, 5.41) is 17.0. The molecule has 1 aromatic heterocycles. The van der Waals surface area contributed by atoms with Crippen LogP contribution in [-0.4, -0.2) is 52.7 Å². The zero-order valence-electron chi connectivity index (χ0n) is 21.6. The van der Waals surface area contributed by atoms with Crippen molar-refractivity contribution in [2.45, 2.75) is 64.8 Å². The van der Waals surface area contributed by atoms with Crippen LogP contribution in [0.25, 0.3) is 0 Å². The van der Waals surface area contributed by atoms with Gasteiger partial charge < -0.3 is 24.9 Å². The third kappa shape index (κ3) is 6.14. The molecule has 37 heavy (non-hydrogen) atoms. The summed E-state index contributed by atoms with van der Waals surface area (Å²) in [6.45, 7) is 6.69. The molecule has 5 rings (SSSR count). The van der Waals surface area contributed by atoms with E-state index in [1.165, 1.54) is 36.8 Å². The van der Waals surface area contributed by atoms with Crippen molar-refractivity contribution in [3.63, 3.8) is 0 Å². The van der Waals surface area contributed by atoms with Crippen LogP contribution in [0.15, 0.2) is 47.2 Å².